The van der Waals surface area contributed by atoms with Gasteiger partial charge in [-0.1, -0.05) is 17.7 Å². The molecule has 0 atom stereocenters. The van der Waals surface area contributed by atoms with Crippen LogP contribution < -0.4 is 10.6 Å². The maximum Gasteiger partial charge on any atom is 0.251 e. The number of benzene rings is 1. The molecule has 4 nitrogen and oxygen atoms in total. The lowest BCUT2D eigenvalue weighted by molar-refractivity contribution is 0.0955. The van der Waals surface area contributed by atoms with E-state index in [0.717, 1.165) is 21.5 Å². The van der Waals surface area contributed by atoms with Gasteiger partial charge in [0, 0.05) is 23.1 Å². The minimum atomic E-state index is -0.0586. The lowest BCUT2D eigenvalue weighted by Gasteiger charge is -2.08. The molecule has 2 N–H and O–H groups in total. The van der Waals surface area contributed by atoms with Crippen molar-refractivity contribution < 1.29 is 4.79 Å². The second kappa shape index (κ2) is 7.22. The van der Waals surface area contributed by atoms with Crippen molar-refractivity contribution in [3.05, 3.63) is 57.7 Å². The number of carbonyl (C=O) groups excluding carboxylic acids is 1. The molecule has 2 aromatic rings. The van der Waals surface area contributed by atoms with Crippen LogP contribution in [0.4, 0.5) is 5.82 Å². The molecule has 21 heavy (non-hydrogen) atoms. The minimum absolute atomic E-state index is 0.0586. The molecule has 1 aromatic carbocycles. The molecule has 0 unspecified atom stereocenters. The Morgan fingerprint density at radius 3 is 2.48 bits per heavy atom. The van der Waals surface area contributed by atoms with Crippen molar-refractivity contribution in [1.29, 1.82) is 0 Å². The monoisotopic (exact) mass is 347 g/mol. The van der Waals surface area contributed by atoms with E-state index in [-0.39, 0.29) is 5.91 Å². The molecule has 0 spiro atoms. The summed E-state index contributed by atoms with van der Waals surface area (Å²) >= 11 is 3.41. The van der Waals surface area contributed by atoms with E-state index in [2.05, 4.69) is 31.5 Å². The van der Waals surface area contributed by atoms with Gasteiger partial charge in [-0.05, 0) is 54.0 Å². The summed E-state index contributed by atoms with van der Waals surface area (Å²) in [4.78, 5) is 16.3. The van der Waals surface area contributed by atoms with Crippen molar-refractivity contribution in [1.82, 2.24) is 10.3 Å². The number of nitrogens with one attached hydrogen (secondary N) is 2. The largest absolute Gasteiger partial charge is 0.368 e. The Kier molecular flexibility index (Phi) is 5.33. The Morgan fingerprint density at radius 2 is 1.81 bits per heavy atom. The van der Waals surface area contributed by atoms with Gasteiger partial charge in [-0.15, -0.1) is 0 Å². The predicted octanol–water partition coefficient (Wildman–Crippen LogP) is 3.30. The van der Waals surface area contributed by atoms with Crippen LogP contribution in [0.3, 0.4) is 0 Å². The van der Waals surface area contributed by atoms with Crippen molar-refractivity contribution >= 4 is 27.7 Å². The zero-order valence-corrected chi connectivity index (χ0v) is 13.7. The molecule has 0 radical (unpaired) electrons. The van der Waals surface area contributed by atoms with Crippen LogP contribution in [0.15, 0.2) is 40.9 Å². The first-order chi connectivity index (χ1) is 10.1. The Balaban J connectivity index is 1.77. The van der Waals surface area contributed by atoms with Crippen LogP contribution in [0.5, 0.6) is 0 Å². The predicted molar refractivity (Wildman–Crippen MR) is 88.7 cm³/mol. The van der Waals surface area contributed by atoms with E-state index < -0.39 is 0 Å². The molecule has 1 heterocycles. The number of nitrogens with zero attached hydrogens (tertiary/aromatic N) is 1. The van der Waals surface area contributed by atoms with E-state index in [4.69, 9.17) is 0 Å². The Hall–Kier alpha value is -1.88. The van der Waals surface area contributed by atoms with Gasteiger partial charge in [-0.25, -0.2) is 4.98 Å². The second-order valence-electron chi connectivity index (χ2n) is 4.81. The SMILES string of the molecule is Cc1ccc(C(=O)NCCNc2ccc(Br)c(C)n2)cc1. The Morgan fingerprint density at radius 1 is 1.10 bits per heavy atom. The van der Waals surface area contributed by atoms with E-state index in [1.54, 1.807) is 0 Å². The molecular weight excluding hydrogens is 330 g/mol. The van der Waals surface area contributed by atoms with Gasteiger partial charge in [0.05, 0.1) is 5.69 Å². The van der Waals surface area contributed by atoms with Gasteiger partial charge in [0.1, 0.15) is 5.82 Å². The number of rotatable bonds is 5. The highest BCUT2D eigenvalue weighted by Crippen LogP contribution is 2.15. The standard InChI is InChI=1S/C16H18BrN3O/c1-11-3-5-13(6-4-11)16(21)19-10-9-18-15-8-7-14(17)12(2)20-15/h3-8H,9-10H2,1-2H3,(H,18,20)(H,19,21). The van der Waals surface area contributed by atoms with Gasteiger partial charge in [-0.3, -0.25) is 4.79 Å². The van der Waals surface area contributed by atoms with E-state index >= 15 is 0 Å². The first-order valence-corrected chi connectivity index (χ1v) is 7.57. The highest BCUT2D eigenvalue weighted by atomic mass is 79.9. The normalized spacial score (nSPS) is 10.2. The minimum Gasteiger partial charge on any atom is -0.368 e. The highest BCUT2D eigenvalue weighted by Gasteiger charge is 2.04. The summed E-state index contributed by atoms with van der Waals surface area (Å²) in [6.45, 7) is 5.11. The van der Waals surface area contributed by atoms with Gasteiger partial charge in [0.2, 0.25) is 0 Å². The van der Waals surface area contributed by atoms with Crippen molar-refractivity contribution in [2.24, 2.45) is 0 Å². The molecule has 1 amide bonds. The molecule has 0 fully saturated rings. The average molecular weight is 348 g/mol. The zero-order valence-electron chi connectivity index (χ0n) is 12.1. The Labute approximate surface area is 133 Å². The van der Waals surface area contributed by atoms with Crippen molar-refractivity contribution in [2.75, 3.05) is 18.4 Å². The van der Waals surface area contributed by atoms with Gasteiger partial charge in [0.25, 0.3) is 5.91 Å². The smallest absolute Gasteiger partial charge is 0.251 e. The fourth-order valence-corrected chi connectivity index (χ4v) is 2.04. The molecule has 0 saturated heterocycles. The quantitative estimate of drug-likeness (QED) is 0.816. The molecule has 0 aliphatic heterocycles. The maximum atomic E-state index is 11.9. The number of hydrogen-bond acceptors (Lipinski definition) is 3. The van der Waals surface area contributed by atoms with Crippen LogP contribution in [-0.4, -0.2) is 24.0 Å². The van der Waals surface area contributed by atoms with E-state index in [1.165, 1.54) is 0 Å². The van der Waals surface area contributed by atoms with E-state index in [9.17, 15) is 4.79 Å². The van der Waals surface area contributed by atoms with Gasteiger partial charge >= 0.3 is 0 Å². The summed E-state index contributed by atoms with van der Waals surface area (Å²) in [5.74, 6) is 0.747. The van der Waals surface area contributed by atoms with Crippen LogP contribution in [-0.2, 0) is 0 Å². The van der Waals surface area contributed by atoms with Crippen molar-refractivity contribution in [3.63, 3.8) is 0 Å². The summed E-state index contributed by atoms with van der Waals surface area (Å²) in [5, 5.41) is 6.06. The van der Waals surface area contributed by atoms with Gasteiger partial charge in [-0.2, -0.15) is 0 Å². The topological polar surface area (TPSA) is 54.0 Å². The fraction of sp³-hybridized carbons (Fsp3) is 0.250. The van der Waals surface area contributed by atoms with Crippen molar-refractivity contribution in [2.45, 2.75) is 13.8 Å². The number of aryl methyl sites for hydroxylation is 2. The molecule has 0 bridgehead atoms. The molecule has 0 saturated carbocycles. The summed E-state index contributed by atoms with van der Waals surface area (Å²) in [5.41, 5.74) is 2.76. The fourth-order valence-electron chi connectivity index (χ4n) is 1.82. The molecular formula is C16H18BrN3O. The van der Waals surface area contributed by atoms with Gasteiger partial charge < -0.3 is 10.6 Å². The number of amides is 1. The Bertz CT molecular complexity index is 626. The summed E-state index contributed by atoms with van der Waals surface area (Å²) in [6.07, 6.45) is 0. The van der Waals surface area contributed by atoms with Crippen molar-refractivity contribution in [3.8, 4) is 0 Å². The number of halogens is 1. The lowest BCUT2D eigenvalue weighted by atomic mass is 10.1. The van der Waals surface area contributed by atoms with Crippen LogP contribution in [0.2, 0.25) is 0 Å². The molecule has 0 aliphatic rings. The van der Waals surface area contributed by atoms with Crippen LogP contribution in [0.1, 0.15) is 21.6 Å². The third kappa shape index (κ3) is 4.56. The molecule has 1 aromatic heterocycles. The summed E-state index contributed by atoms with van der Waals surface area (Å²) in [6, 6.07) is 11.4. The maximum absolute atomic E-state index is 11.9. The van der Waals surface area contributed by atoms with Crippen LogP contribution >= 0.6 is 15.9 Å². The molecule has 2 rings (SSSR count). The number of anilines is 1. The molecule has 5 heteroatoms. The zero-order chi connectivity index (χ0) is 15.2. The van der Waals surface area contributed by atoms with E-state index in [1.807, 2.05) is 50.2 Å². The first kappa shape index (κ1) is 15.5. The summed E-state index contributed by atoms with van der Waals surface area (Å²) < 4.78 is 0.987. The third-order valence-electron chi connectivity index (χ3n) is 3.05. The average Bonchev–Trinajstić information content (AvgIpc) is 2.47. The number of aromatic nitrogens is 1. The van der Waals surface area contributed by atoms with E-state index in [0.29, 0.717) is 18.7 Å². The molecule has 110 valence electrons. The van der Waals surface area contributed by atoms with Crippen LogP contribution in [0, 0.1) is 13.8 Å². The number of pyridine rings is 1. The summed E-state index contributed by atoms with van der Waals surface area (Å²) in [7, 11) is 0. The lowest BCUT2D eigenvalue weighted by Crippen LogP contribution is -2.28. The first-order valence-electron chi connectivity index (χ1n) is 6.78. The molecule has 0 aliphatic carbocycles. The number of hydrogen-bond donors (Lipinski definition) is 2. The van der Waals surface area contributed by atoms with Crippen LogP contribution in [0.25, 0.3) is 0 Å². The second-order valence-corrected chi connectivity index (χ2v) is 5.67. The highest BCUT2D eigenvalue weighted by molar-refractivity contribution is 9.10. The third-order valence-corrected chi connectivity index (χ3v) is 3.89. The number of carbonyl (C=O) groups is 1. The van der Waals surface area contributed by atoms with Gasteiger partial charge in [0.15, 0.2) is 0 Å².